The number of carbonyl (C=O) groups excluding carboxylic acids is 1. The minimum atomic E-state index is -0.560. The molecule has 1 aromatic heterocycles. The highest BCUT2D eigenvalue weighted by atomic mass is 16.1. The first-order valence-electron chi connectivity index (χ1n) is 2.35. The van der Waals surface area contributed by atoms with Crippen molar-refractivity contribution >= 4 is 5.91 Å². The summed E-state index contributed by atoms with van der Waals surface area (Å²) >= 11 is 0. The van der Waals surface area contributed by atoms with Crippen molar-refractivity contribution in [1.29, 1.82) is 0 Å². The lowest BCUT2D eigenvalue weighted by Gasteiger charge is -1.89. The molecule has 0 unspecified atom stereocenters. The van der Waals surface area contributed by atoms with Crippen molar-refractivity contribution in [3.8, 4) is 0 Å². The summed E-state index contributed by atoms with van der Waals surface area (Å²) in [5.74, 6) is -0.384. The molecule has 0 bridgehead atoms. The van der Waals surface area contributed by atoms with Gasteiger partial charge >= 0.3 is 0 Å². The van der Waals surface area contributed by atoms with Crippen LogP contribution in [-0.4, -0.2) is 20.7 Å². The van der Waals surface area contributed by atoms with Gasteiger partial charge in [0.25, 0.3) is 5.91 Å². The Labute approximate surface area is 51.5 Å². The number of nitrogens with zero attached hydrogens (tertiary/aromatic N) is 3. The summed E-state index contributed by atoms with van der Waals surface area (Å²) in [6.45, 7) is 0. The molecule has 0 saturated heterocycles. The van der Waals surface area contributed by atoms with Gasteiger partial charge in [-0.15, -0.1) is 10.2 Å². The smallest absolute Gasteiger partial charge is 0.286 e. The average molecular weight is 126 g/mol. The molecule has 2 N–H and O–H groups in total. The second-order valence-corrected chi connectivity index (χ2v) is 1.63. The van der Waals surface area contributed by atoms with Gasteiger partial charge in [-0.2, -0.15) is 0 Å². The van der Waals surface area contributed by atoms with E-state index < -0.39 is 5.91 Å². The quantitative estimate of drug-likeness (QED) is 0.519. The van der Waals surface area contributed by atoms with E-state index in [1.54, 1.807) is 7.05 Å². The van der Waals surface area contributed by atoms with Crippen LogP contribution in [0.3, 0.4) is 0 Å². The summed E-state index contributed by atoms with van der Waals surface area (Å²) in [4.78, 5) is 10.4. The molecule has 0 aliphatic heterocycles. The van der Waals surface area contributed by atoms with E-state index in [1.807, 2.05) is 0 Å². The topological polar surface area (TPSA) is 73.8 Å². The van der Waals surface area contributed by atoms with Crippen molar-refractivity contribution in [1.82, 2.24) is 14.8 Å². The molecule has 0 atom stereocenters. The van der Waals surface area contributed by atoms with Crippen LogP contribution in [0.25, 0.3) is 0 Å². The van der Waals surface area contributed by atoms with E-state index in [1.165, 1.54) is 10.9 Å². The number of aryl methyl sites for hydroxylation is 1. The Balaban J connectivity index is 3.08. The molecule has 0 aromatic carbocycles. The van der Waals surface area contributed by atoms with Crippen LogP contribution in [0.15, 0.2) is 6.33 Å². The van der Waals surface area contributed by atoms with E-state index in [0.29, 0.717) is 0 Å². The van der Waals surface area contributed by atoms with Crippen LogP contribution >= 0.6 is 0 Å². The number of rotatable bonds is 1. The van der Waals surface area contributed by atoms with Crippen LogP contribution in [0.4, 0.5) is 0 Å². The molecule has 0 radical (unpaired) electrons. The molecular weight excluding hydrogens is 120 g/mol. The predicted octanol–water partition coefficient (Wildman–Crippen LogP) is -1.09. The molecule has 9 heavy (non-hydrogen) atoms. The van der Waals surface area contributed by atoms with E-state index in [2.05, 4.69) is 10.2 Å². The summed E-state index contributed by atoms with van der Waals surface area (Å²) < 4.78 is 1.46. The standard InChI is InChI=1S/C4H6N4O/c1-8-2-6-7-4(8)3(5)9/h2H,1H3,(H2,5,9). The van der Waals surface area contributed by atoms with Crippen LogP contribution < -0.4 is 5.73 Å². The maximum absolute atomic E-state index is 10.4. The number of primary amides is 1. The highest BCUT2D eigenvalue weighted by Crippen LogP contribution is 1.86. The minimum absolute atomic E-state index is 0.176. The summed E-state index contributed by atoms with van der Waals surface area (Å²) in [7, 11) is 1.65. The SMILES string of the molecule is Cn1cnnc1C(N)=O. The van der Waals surface area contributed by atoms with Gasteiger partial charge in [0.05, 0.1) is 0 Å². The molecule has 0 saturated carbocycles. The lowest BCUT2D eigenvalue weighted by Crippen LogP contribution is -2.16. The molecule has 48 valence electrons. The third kappa shape index (κ3) is 0.883. The Morgan fingerprint density at radius 3 is 2.78 bits per heavy atom. The fraction of sp³-hybridized carbons (Fsp3) is 0.250. The van der Waals surface area contributed by atoms with E-state index >= 15 is 0 Å². The van der Waals surface area contributed by atoms with Gasteiger partial charge < -0.3 is 10.3 Å². The Bertz CT molecular complexity index is 228. The largest absolute Gasteiger partial charge is 0.363 e. The zero-order chi connectivity index (χ0) is 6.85. The minimum Gasteiger partial charge on any atom is -0.363 e. The van der Waals surface area contributed by atoms with Crippen molar-refractivity contribution in [2.45, 2.75) is 0 Å². The maximum atomic E-state index is 10.4. The van der Waals surface area contributed by atoms with E-state index in [4.69, 9.17) is 5.73 Å². The van der Waals surface area contributed by atoms with Crippen LogP contribution in [0.1, 0.15) is 10.6 Å². The van der Waals surface area contributed by atoms with Gasteiger partial charge in [0.1, 0.15) is 6.33 Å². The molecule has 1 rings (SSSR count). The van der Waals surface area contributed by atoms with Gasteiger partial charge in [-0.1, -0.05) is 0 Å². The van der Waals surface area contributed by atoms with Crippen molar-refractivity contribution in [3.63, 3.8) is 0 Å². The molecule has 0 aliphatic rings. The Morgan fingerprint density at radius 2 is 2.56 bits per heavy atom. The summed E-state index contributed by atoms with van der Waals surface area (Å²) in [6.07, 6.45) is 1.42. The molecule has 5 nitrogen and oxygen atoms in total. The number of carbonyl (C=O) groups is 1. The fourth-order valence-electron chi connectivity index (χ4n) is 0.506. The normalized spacial score (nSPS) is 9.44. The number of hydrogen-bond donors (Lipinski definition) is 1. The second kappa shape index (κ2) is 1.85. The average Bonchev–Trinajstić information content (AvgIpc) is 2.13. The van der Waals surface area contributed by atoms with Crippen molar-refractivity contribution in [3.05, 3.63) is 12.2 Å². The zero-order valence-corrected chi connectivity index (χ0v) is 4.90. The molecular formula is C4H6N4O. The monoisotopic (exact) mass is 126 g/mol. The van der Waals surface area contributed by atoms with Gasteiger partial charge in [-0.05, 0) is 0 Å². The molecule has 1 heterocycles. The molecule has 1 amide bonds. The maximum Gasteiger partial charge on any atom is 0.286 e. The molecule has 1 aromatic rings. The lowest BCUT2D eigenvalue weighted by molar-refractivity contribution is 0.0987. The van der Waals surface area contributed by atoms with Gasteiger partial charge in [0.15, 0.2) is 0 Å². The summed E-state index contributed by atoms with van der Waals surface area (Å²) in [5.41, 5.74) is 4.90. The first-order chi connectivity index (χ1) is 4.22. The van der Waals surface area contributed by atoms with Crippen LogP contribution in [0.2, 0.25) is 0 Å². The highest BCUT2D eigenvalue weighted by Gasteiger charge is 2.04. The van der Waals surface area contributed by atoms with E-state index in [9.17, 15) is 4.79 Å². The van der Waals surface area contributed by atoms with Crippen LogP contribution in [0.5, 0.6) is 0 Å². The highest BCUT2D eigenvalue weighted by molar-refractivity contribution is 5.88. The van der Waals surface area contributed by atoms with Crippen molar-refractivity contribution in [2.75, 3.05) is 0 Å². The summed E-state index contributed by atoms with van der Waals surface area (Å²) in [5, 5.41) is 6.91. The van der Waals surface area contributed by atoms with Gasteiger partial charge in [-0.3, -0.25) is 4.79 Å². The first-order valence-corrected chi connectivity index (χ1v) is 2.35. The number of nitrogens with two attached hydrogens (primary N) is 1. The number of aromatic nitrogens is 3. The Morgan fingerprint density at radius 1 is 1.89 bits per heavy atom. The summed E-state index contributed by atoms with van der Waals surface area (Å²) in [6, 6.07) is 0. The molecule has 0 aliphatic carbocycles. The Hall–Kier alpha value is -1.39. The predicted molar refractivity (Wildman–Crippen MR) is 29.5 cm³/mol. The first kappa shape index (κ1) is 5.74. The van der Waals surface area contributed by atoms with Crippen molar-refractivity contribution < 1.29 is 4.79 Å². The number of hydrogen-bond acceptors (Lipinski definition) is 3. The van der Waals surface area contributed by atoms with E-state index in [0.717, 1.165) is 0 Å². The van der Waals surface area contributed by atoms with Gasteiger partial charge in [0.2, 0.25) is 5.82 Å². The van der Waals surface area contributed by atoms with Gasteiger partial charge in [0, 0.05) is 7.05 Å². The van der Waals surface area contributed by atoms with E-state index in [-0.39, 0.29) is 5.82 Å². The number of amides is 1. The molecule has 0 spiro atoms. The zero-order valence-electron chi connectivity index (χ0n) is 4.90. The third-order valence-corrected chi connectivity index (χ3v) is 0.932. The van der Waals surface area contributed by atoms with Crippen LogP contribution in [-0.2, 0) is 7.05 Å². The second-order valence-electron chi connectivity index (χ2n) is 1.63. The van der Waals surface area contributed by atoms with Crippen LogP contribution in [0, 0.1) is 0 Å². The van der Waals surface area contributed by atoms with Gasteiger partial charge in [-0.25, -0.2) is 0 Å². The molecule has 5 heteroatoms. The fourth-order valence-corrected chi connectivity index (χ4v) is 0.506. The van der Waals surface area contributed by atoms with Crippen molar-refractivity contribution in [2.24, 2.45) is 12.8 Å². The Kier molecular flexibility index (Phi) is 1.18. The molecule has 0 fully saturated rings. The third-order valence-electron chi connectivity index (χ3n) is 0.932. The lowest BCUT2D eigenvalue weighted by atomic mass is 10.6.